The van der Waals surface area contributed by atoms with Crippen molar-refractivity contribution in [2.45, 2.75) is 13.3 Å². The minimum atomic E-state index is -1.05. The number of hydrogen-bond acceptors (Lipinski definition) is 3. The SMILES string of the molecule is Cc1cccc(OCCC(=O)Nc2ccc(F)nc2F)c1. The van der Waals surface area contributed by atoms with E-state index in [0.717, 1.165) is 17.7 Å². The summed E-state index contributed by atoms with van der Waals surface area (Å²) in [5.41, 5.74) is 0.897. The Morgan fingerprint density at radius 2 is 2.10 bits per heavy atom. The van der Waals surface area contributed by atoms with Gasteiger partial charge in [0.15, 0.2) is 0 Å². The topological polar surface area (TPSA) is 51.2 Å². The van der Waals surface area contributed by atoms with E-state index in [4.69, 9.17) is 4.74 Å². The Morgan fingerprint density at radius 1 is 1.29 bits per heavy atom. The fraction of sp³-hybridized carbons (Fsp3) is 0.200. The summed E-state index contributed by atoms with van der Waals surface area (Å²) >= 11 is 0. The van der Waals surface area contributed by atoms with Crippen LogP contribution in [0.3, 0.4) is 0 Å². The molecular formula is C15H14F2N2O2. The van der Waals surface area contributed by atoms with Crippen LogP contribution in [0.5, 0.6) is 5.75 Å². The van der Waals surface area contributed by atoms with Crippen molar-refractivity contribution < 1.29 is 18.3 Å². The first-order valence-electron chi connectivity index (χ1n) is 6.36. The summed E-state index contributed by atoms with van der Waals surface area (Å²) in [4.78, 5) is 14.6. The minimum Gasteiger partial charge on any atom is -0.493 e. The maximum Gasteiger partial charge on any atom is 0.239 e. The summed E-state index contributed by atoms with van der Waals surface area (Å²) in [7, 11) is 0. The summed E-state index contributed by atoms with van der Waals surface area (Å²) in [5, 5.41) is 2.31. The van der Waals surface area contributed by atoms with Gasteiger partial charge in [0.1, 0.15) is 5.75 Å². The van der Waals surface area contributed by atoms with E-state index in [-0.39, 0.29) is 18.7 Å². The number of halogens is 2. The lowest BCUT2D eigenvalue weighted by Crippen LogP contribution is -2.16. The Balaban J connectivity index is 1.82. The van der Waals surface area contributed by atoms with Crippen molar-refractivity contribution in [2.75, 3.05) is 11.9 Å². The van der Waals surface area contributed by atoms with E-state index in [1.165, 1.54) is 0 Å². The summed E-state index contributed by atoms with van der Waals surface area (Å²) in [6.45, 7) is 2.09. The molecule has 0 fully saturated rings. The smallest absolute Gasteiger partial charge is 0.239 e. The molecule has 0 saturated carbocycles. The molecule has 1 N–H and O–H groups in total. The van der Waals surface area contributed by atoms with Crippen LogP contribution in [-0.2, 0) is 4.79 Å². The molecule has 110 valence electrons. The summed E-state index contributed by atoms with van der Waals surface area (Å²) < 4.78 is 31.3. The molecule has 2 aromatic rings. The second-order valence-corrected chi connectivity index (χ2v) is 4.44. The van der Waals surface area contributed by atoms with Crippen LogP contribution in [-0.4, -0.2) is 17.5 Å². The number of nitrogens with zero attached hydrogens (tertiary/aromatic N) is 1. The molecule has 2 rings (SSSR count). The third-order valence-electron chi connectivity index (χ3n) is 2.68. The van der Waals surface area contributed by atoms with E-state index in [1.807, 2.05) is 25.1 Å². The van der Waals surface area contributed by atoms with Gasteiger partial charge in [0.2, 0.25) is 17.8 Å². The quantitative estimate of drug-likeness (QED) is 0.862. The molecule has 1 aromatic carbocycles. The standard InChI is InChI=1S/C15H14F2N2O2/c1-10-3-2-4-11(9-10)21-8-7-14(20)18-12-5-6-13(16)19-15(12)17/h2-6,9H,7-8H2,1H3,(H,18,20). The zero-order chi connectivity index (χ0) is 15.2. The van der Waals surface area contributed by atoms with E-state index < -0.39 is 17.8 Å². The highest BCUT2D eigenvalue weighted by Crippen LogP contribution is 2.14. The van der Waals surface area contributed by atoms with Crippen molar-refractivity contribution in [2.24, 2.45) is 0 Å². The number of hydrogen-bond donors (Lipinski definition) is 1. The number of rotatable bonds is 5. The molecule has 6 heteroatoms. The highest BCUT2D eigenvalue weighted by atomic mass is 19.1. The Morgan fingerprint density at radius 3 is 2.81 bits per heavy atom. The number of pyridine rings is 1. The molecule has 0 unspecified atom stereocenters. The van der Waals surface area contributed by atoms with Crippen LogP contribution in [0.25, 0.3) is 0 Å². The predicted octanol–water partition coefficient (Wildman–Crippen LogP) is 3.08. The molecule has 0 aliphatic rings. The van der Waals surface area contributed by atoms with Gasteiger partial charge in [0, 0.05) is 0 Å². The number of aromatic nitrogens is 1. The Labute approximate surface area is 120 Å². The molecule has 0 aliphatic carbocycles. The molecule has 0 saturated heterocycles. The zero-order valence-electron chi connectivity index (χ0n) is 11.4. The summed E-state index contributed by atoms with van der Waals surface area (Å²) in [6.07, 6.45) is 0.0464. The van der Waals surface area contributed by atoms with Crippen LogP contribution in [0.15, 0.2) is 36.4 Å². The number of aryl methyl sites for hydroxylation is 1. The first kappa shape index (κ1) is 14.9. The van der Waals surface area contributed by atoms with Crippen molar-refractivity contribution in [1.82, 2.24) is 4.98 Å². The van der Waals surface area contributed by atoms with Gasteiger partial charge in [-0.05, 0) is 36.8 Å². The molecule has 4 nitrogen and oxygen atoms in total. The van der Waals surface area contributed by atoms with E-state index >= 15 is 0 Å². The van der Waals surface area contributed by atoms with E-state index in [1.54, 1.807) is 6.07 Å². The normalized spacial score (nSPS) is 10.2. The molecule has 0 aliphatic heterocycles. The van der Waals surface area contributed by atoms with Crippen molar-refractivity contribution in [3.05, 3.63) is 53.9 Å². The number of anilines is 1. The molecular weight excluding hydrogens is 278 g/mol. The highest BCUT2D eigenvalue weighted by molar-refractivity contribution is 5.90. The lowest BCUT2D eigenvalue weighted by atomic mass is 10.2. The van der Waals surface area contributed by atoms with E-state index in [2.05, 4.69) is 10.3 Å². The molecule has 21 heavy (non-hydrogen) atoms. The van der Waals surface area contributed by atoms with Crippen molar-refractivity contribution in [3.63, 3.8) is 0 Å². The summed E-state index contributed by atoms with van der Waals surface area (Å²) in [5.74, 6) is -1.76. The number of ether oxygens (including phenoxy) is 1. The third-order valence-corrected chi connectivity index (χ3v) is 2.68. The second kappa shape index (κ2) is 6.78. The maximum absolute atomic E-state index is 13.2. The van der Waals surface area contributed by atoms with E-state index in [0.29, 0.717) is 5.75 Å². The predicted molar refractivity (Wildman–Crippen MR) is 74.1 cm³/mol. The van der Waals surface area contributed by atoms with Gasteiger partial charge in [-0.1, -0.05) is 12.1 Å². The zero-order valence-corrected chi connectivity index (χ0v) is 11.4. The summed E-state index contributed by atoms with van der Waals surface area (Å²) in [6, 6.07) is 9.52. The number of amides is 1. The molecule has 0 bridgehead atoms. The van der Waals surface area contributed by atoms with Gasteiger partial charge in [-0.15, -0.1) is 0 Å². The third kappa shape index (κ3) is 4.52. The van der Waals surface area contributed by atoms with Gasteiger partial charge in [0.05, 0.1) is 18.7 Å². The lowest BCUT2D eigenvalue weighted by Gasteiger charge is -2.08. The first-order chi connectivity index (χ1) is 10.0. The van der Waals surface area contributed by atoms with Crippen molar-refractivity contribution in [1.29, 1.82) is 0 Å². The Kier molecular flexibility index (Phi) is 4.81. The average molecular weight is 292 g/mol. The second-order valence-electron chi connectivity index (χ2n) is 4.44. The molecule has 1 amide bonds. The fourth-order valence-corrected chi connectivity index (χ4v) is 1.68. The lowest BCUT2D eigenvalue weighted by molar-refractivity contribution is -0.116. The molecule has 0 atom stereocenters. The molecule has 0 spiro atoms. The van der Waals surface area contributed by atoms with Gasteiger partial charge in [0.25, 0.3) is 0 Å². The Bertz CT molecular complexity index is 647. The Hall–Kier alpha value is -2.50. The van der Waals surface area contributed by atoms with Crippen molar-refractivity contribution >= 4 is 11.6 Å². The van der Waals surface area contributed by atoms with Crippen LogP contribution in [0.1, 0.15) is 12.0 Å². The minimum absolute atomic E-state index is 0.0464. The van der Waals surface area contributed by atoms with Gasteiger partial charge in [-0.2, -0.15) is 13.8 Å². The van der Waals surface area contributed by atoms with Crippen LogP contribution in [0.4, 0.5) is 14.5 Å². The number of nitrogens with one attached hydrogen (secondary N) is 1. The number of benzene rings is 1. The van der Waals surface area contributed by atoms with Gasteiger partial charge in [-0.3, -0.25) is 4.79 Å². The van der Waals surface area contributed by atoms with Gasteiger partial charge < -0.3 is 10.1 Å². The average Bonchev–Trinajstić information content (AvgIpc) is 2.42. The van der Waals surface area contributed by atoms with Crippen LogP contribution < -0.4 is 10.1 Å². The first-order valence-corrected chi connectivity index (χ1v) is 6.36. The maximum atomic E-state index is 13.2. The monoisotopic (exact) mass is 292 g/mol. The molecule has 1 aromatic heterocycles. The molecule has 0 radical (unpaired) electrons. The van der Waals surface area contributed by atoms with Crippen molar-refractivity contribution in [3.8, 4) is 5.75 Å². The van der Waals surface area contributed by atoms with Crippen LogP contribution in [0, 0.1) is 18.8 Å². The largest absolute Gasteiger partial charge is 0.493 e. The van der Waals surface area contributed by atoms with E-state index in [9.17, 15) is 13.6 Å². The fourth-order valence-electron chi connectivity index (χ4n) is 1.68. The number of carbonyl (C=O) groups excluding carboxylic acids is 1. The van der Waals surface area contributed by atoms with Crippen LogP contribution >= 0.6 is 0 Å². The molecule has 1 heterocycles. The van der Waals surface area contributed by atoms with Gasteiger partial charge in [-0.25, -0.2) is 0 Å². The highest BCUT2D eigenvalue weighted by Gasteiger charge is 2.09. The van der Waals surface area contributed by atoms with Gasteiger partial charge >= 0.3 is 0 Å². The van der Waals surface area contributed by atoms with Crippen LogP contribution in [0.2, 0.25) is 0 Å². The number of carbonyl (C=O) groups is 1.